The van der Waals surface area contributed by atoms with E-state index in [0.717, 1.165) is 59.6 Å². The molecule has 6 heteroatoms. The van der Waals surface area contributed by atoms with E-state index in [1.165, 1.54) is 5.69 Å². The first-order chi connectivity index (χ1) is 13.6. The number of benzene rings is 1. The van der Waals surface area contributed by atoms with Crippen LogP contribution < -0.4 is 19.9 Å². The van der Waals surface area contributed by atoms with Crippen LogP contribution in [-0.4, -0.2) is 29.4 Å². The molecular weight excluding hydrogens is 354 g/mol. The van der Waals surface area contributed by atoms with Gasteiger partial charge in [-0.2, -0.15) is 0 Å². The Hall–Kier alpha value is -3.02. The molecule has 0 N–H and O–H groups in total. The van der Waals surface area contributed by atoms with Crippen LogP contribution in [0.25, 0.3) is 10.9 Å². The summed E-state index contributed by atoms with van der Waals surface area (Å²) in [5, 5.41) is 1.10. The molecule has 1 fully saturated rings. The molecule has 0 aliphatic carbocycles. The molecule has 1 aromatic carbocycles. The highest BCUT2D eigenvalue weighted by atomic mass is 16.7. The van der Waals surface area contributed by atoms with Gasteiger partial charge >= 0.3 is 0 Å². The van der Waals surface area contributed by atoms with Crippen molar-refractivity contribution in [3.05, 3.63) is 58.1 Å². The van der Waals surface area contributed by atoms with Crippen LogP contribution in [0.5, 0.6) is 11.5 Å². The van der Waals surface area contributed by atoms with Gasteiger partial charge in [0.05, 0.1) is 5.52 Å². The molecular formula is C22H23N3O3. The van der Waals surface area contributed by atoms with E-state index in [0.29, 0.717) is 5.92 Å². The van der Waals surface area contributed by atoms with Gasteiger partial charge in [-0.3, -0.25) is 9.78 Å². The fourth-order valence-electron chi connectivity index (χ4n) is 4.26. The van der Waals surface area contributed by atoms with E-state index in [9.17, 15) is 4.79 Å². The minimum Gasteiger partial charge on any atom is -0.454 e. The summed E-state index contributed by atoms with van der Waals surface area (Å²) in [5.41, 5.74) is 4.35. The van der Waals surface area contributed by atoms with Crippen molar-refractivity contribution in [3.63, 3.8) is 0 Å². The smallest absolute Gasteiger partial charge is 0.250 e. The Balaban J connectivity index is 1.44. The molecule has 2 aromatic heterocycles. The number of fused-ring (bicyclic) bond motifs is 2. The molecule has 5 rings (SSSR count). The highest BCUT2D eigenvalue weighted by Crippen LogP contribution is 2.40. The maximum Gasteiger partial charge on any atom is 0.250 e. The minimum absolute atomic E-state index is 0.0618. The molecule has 0 radical (unpaired) electrons. The largest absolute Gasteiger partial charge is 0.454 e. The molecule has 4 heterocycles. The van der Waals surface area contributed by atoms with Gasteiger partial charge < -0.3 is 18.9 Å². The van der Waals surface area contributed by atoms with E-state index in [2.05, 4.69) is 22.0 Å². The zero-order valence-electron chi connectivity index (χ0n) is 16.1. The lowest BCUT2D eigenvalue weighted by Crippen LogP contribution is -2.33. The van der Waals surface area contributed by atoms with Gasteiger partial charge in [0.2, 0.25) is 6.79 Å². The minimum atomic E-state index is 0.0618. The number of ether oxygens (including phenoxy) is 2. The summed E-state index contributed by atoms with van der Waals surface area (Å²) >= 11 is 0. The Labute approximate surface area is 163 Å². The van der Waals surface area contributed by atoms with Gasteiger partial charge in [0.1, 0.15) is 0 Å². The number of aromatic nitrogens is 2. The zero-order chi connectivity index (χ0) is 19.3. The number of hydrogen-bond acceptors (Lipinski definition) is 5. The van der Waals surface area contributed by atoms with Gasteiger partial charge in [-0.25, -0.2) is 0 Å². The van der Waals surface area contributed by atoms with Crippen molar-refractivity contribution in [1.29, 1.82) is 0 Å². The summed E-state index contributed by atoms with van der Waals surface area (Å²) in [5.74, 6) is 1.98. The van der Waals surface area contributed by atoms with Gasteiger partial charge in [-0.05, 0) is 49.4 Å². The summed E-state index contributed by atoms with van der Waals surface area (Å²) in [4.78, 5) is 19.1. The Morgan fingerprint density at radius 3 is 2.57 bits per heavy atom. The van der Waals surface area contributed by atoms with E-state index in [1.54, 1.807) is 17.7 Å². The number of hydrogen-bond donors (Lipinski definition) is 0. The molecule has 144 valence electrons. The molecule has 0 unspecified atom stereocenters. The molecule has 28 heavy (non-hydrogen) atoms. The van der Waals surface area contributed by atoms with E-state index >= 15 is 0 Å². The molecule has 0 amide bonds. The van der Waals surface area contributed by atoms with E-state index in [-0.39, 0.29) is 12.4 Å². The van der Waals surface area contributed by atoms with Crippen LogP contribution in [0.3, 0.4) is 0 Å². The molecule has 3 aromatic rings. The van der Waals surface area contributed by atoms with Crippen LogP contribution in [0.2, 0.25) is 0 Å². The number of aryl methyl sites for hydroxylation is 2. The molecule has 0 saturated carbocycles. The summed E-state index contributed by atoms with van der Waals surface area (Å²) < 4.78 is 12.7. The number of rotatable bonds is 2. The van der Waals surface area contributed by atoms with Crippen molar-refractivity contribution < 1.29 is 9.47 Å². The maximum absolute atomic E-state index is 12.0. The molecule has 0 spiro atoms. The van der Waals surface area contributed by atoms with Gasteiger partial charge in [0, 0.05) is 55.2 Å². The number of anilines is 1. The van der Waals surface area contributed by atoms with Crippen molar-refractivity contribution in [2.24, 2.45) is 7.05 Å². The van der Waals surface area contributed by atoms with Crippen molar-refractivity contribution in [2.75, 3.05) is 24.8 Å². The van der Waals surface area contributed by atoms with Crippen LogP contribution in [0, 0.1) is 6.92 Å². The van der Waals surface area contributed by atoms with Crippen LogP contribution in [0.4, 0.5) is 5.69 Å². The van der Waals surface area contributed by atoms with Crippen molar-refractivity contribution >= 4 is 16.6 Å². The predicted molar refractivity (Wildman–Crippen MR) is 108 cm³/mol. The third-order valence-electron chi connectivity index (χ3n) is 5.84. The van der Waals surface area contributed by atoms with Crippen LogP contribution >= 0.6 is 0 Å². The second kappa shape index (κ2) is 6.55. The van der Waals surface area contributed by atoms with E-state index in [1.807, 2.05) is 25.3 Å². The molecule has 6 nitrogen and oxygen atoms in total. The average Bonchev–Trinajstić information content (AvgIpc) is 3.15. The second-order valence-electron chi connectivity index (χ2n) is 7.68. The normalized spacial score (nSPS) is 16.7. The first-order valence-corrected chi connectivity index (χ1v) is 9.71. The molecule has 0 atom stereocenters. The van der Waals surface area contributed by atoms with Crippen LogP contribution in [0.15, 0.2) is 41.3 Å². The third kappa shape index (κ3) is 2.89. The Bertz CT molecular complexity index is 1110. The topological polar surface area (TPSA) is 56.6 Å². The summed E-state index contributed by atoms with van der Waals surface area (Å²) in [7, 11) is 1.79. The van der Waals surface area contributed by atoms with Gasteiger partial charge in [-0.1, -0.05) is 0 Å². The molecule has 2 aliphatic rings. The SMILES string of the molecule is Cc1cc(N2CCC(c3ccn(C)c(=O)c3)CC2)c2cc3c(cc2n1)OCO3. The van der Waals surface area contributed by atoms with Crippen LogP contribution in [0.1, 0.15) is 30.0 Å². The molecule has 0 bridgehead atoms. The standard InChI is InChI=1S/C22H23N3O3/c1-14-9-19(17-11-20-21(28-13-27-20)12-18(17)23-14)25-7-4-15(5-8-25)16-3-6-24(2)22(26)10-16/h3,6,9-12,15H,4-5,7-8,13H2,1-2H3. The van der Waals surface area contributed by atoms with Crippen LogP contribution in [-0.2, 0) is 7.05 Å². The van der Waals surface area contributed by atoms with Crippen molar-refractivity contribution in [2.45, 2.75) is 25.7 Å². The van der Waals surface area contributed by atoms with Crippen molar-refractivity contribution in [3.8, 4) is 11.5 Å². The predicted octanol–water partition coefficient (Wildman–Crippen LogP) is 3.35. The van der Waals surface area contributed by atoms with Gasteiger partial charge in [-0.15, -0.1) is 0 Å². The zero-order valence-corrected chi connectivity index (χ0v) is 16.1. The average molecular weight is 377 g/mol. The third-order valence-corrected chi connectivity index (χ3v) is 5.84. The lowest BCUT2D eigenvalue weighted by molar-refractivity contribution is 0.174. The van der Waals surface area contributed by atoms with Crippen molar-refractivity contribution in [1.82, 2.24) is 9.55 Å². The highest BCUT2D eigenvalue weighted by molar-refractivity contribution is 5.94. The van der Waals surface area contributed by atoms with Gasteiger partial charge in [0.25, 0.3) is 5.56 Å². The first-order valence-electron chi connectivity index (χ1n) is 9.71. The quantitative estimate of drug-likeness (QED) is 0.685. The lowest BCUT2D eigenvalue weighted by atomic mass is 9.89. The number of piperidine rings is 1. The van der Waals surface area contributed by atoms with E-state index in [4.69, 9.17) is 9.47 Å². The maximum atomic E-state index is 12.0. The summed E-state index contributed by atoms with van der Waals surface area (Å²) in [6, 6.07) is 10.0. The Morgan fingerprint density at radius 1 is 1.07 bits per heavy atom. The lowest BCUT2D eigenvalue weighted by Gasteiger charge is -2.34. The Morgan fingerprint density at radius 2 is 1.82 bits per heavy atom. The summed E-state index contributed by atoms with van der Waals surface area (Å²) in [6.45, 7) is 4.20. The van der Waals surface area contributed by atoms with Gasteiger partial charge in [0.15, 0.2) is 11.5 Å². The number of nitrogens with zero attached hydrogens (tertiary/aromatic N) is 3. The fraction of sp³-hybridized carbons (Fsp3) is 0.364. The molecule has 2 aliphatic heterocycles. The summed E-state index contributed by atoms with van der Waals surface area (Å²) in [6.07, 6.45) is 3.92. The Kier molecular flexibility index (Phi) is 4.00. The number of pyridine rings is 2. The first kappa shape index (κ1) is 17.1. The fourth-order valence-corrected chi connectivity index (χ4v) is 4.26. The molecule has 1 saturated heterocycles. The van der Waals surface area contributed by atoms with E-state index < -0.39 is 0 Å². The monoisotopic (exact) mass is 377 g/mol. The second-order valence-corrected chi connectivity index (χ2v) is 7.68. The highest BCUT2D eigenvalue weighted by Gasteiger charge is 2.24.